The summed E-state index contributed by atoms with van der Waals surface area (Å²) in [7, 11) is 0. The summed E-state index contributed by atoms with van der Waals surface area (Å²) in [4.78, 5) is 29.3. The molecular formula is C21H23F5N4O2. The van der Waals surface area contributed by atoms with Crippen molar-refractivity contribution >= 4 is 5.91 Å². The average molecular weight is 458 g/mol. The molecule has 3 rings (SSSR count). The zero-order valence-corrected chi connectivity index (χ0v) is 17.2. The van der Waals surface area contributed by atoms with Crippen LogP contribution in [0.2, 0.25) is 0 Å². The number of nitrogens with one attached hydrogen (secondary N) is 1. The predicted molar refractivity (Wildman–Crippen MR) is 106 cm³/mol. The molecule has 0 saturated heterocycles. The van der Waals surface area contributed by atoms with Crippen LogP contribution in [0.4, 0.5) is 22.0 Å². The van der Waals surface area contributed by atoms with E-state index in [0.29, 0.717) is 18.4 Å². The summed E-state index contributed by atoms with van der Waals surface area (Å²) in [6.07, 6.45) is -2.43. The Balaban J connectivity index is 1.99. The minimum atomic E-state index is -4.68. The SMILES string of the molecule is O=C(NCCC(F)F)c1cc(C2CCCCC2)c(=O)n(Cc2ncccc2C(F)(F)F)n1. The lowest BCUT2D eigenvalue weighted by Gasteiger charge is -2.22. The fraction of sp³-hybridized carbons (Fsp3) is 0.524. The van der Waals surface area contributed by atoms with Crippen LogP contribution in [0, 0.1) is 0 Å². The third-order valence-corrected chi connectivity index (χ3v) is 5.42. The molecule has 1 aliphatic carbocycles. The molecule has 32 heavy (non-hydrogen) atoms. The maximum Gasteiger partial charge on any atom is 0.418 e. The highest BCUT2D eigenvalue weighted by atomic mass is 19.4. The number of halogens is 5. The molecule has 0 radical (unpaired) electrons. The quantitative estimate of drug-likeness (QED) is 0.633. The van der Waals surface area contributed by atoms with Crippen molar-refractivity contribution in [3.63, 3.8) is 0 Å². The lowest BCUT2D eigenvalue weighted by atomic mass is 9.84. The van der Waals surface area contributed by atoms with Gasteiger partial charge < -0.3 is 5.32 Å². The average Bonchev–Trinajstić information content (AvgIpc) is 2.75. The molecule has 2 heterocycles. The number of amides is 1. The molecule has 174 valence electrons. The number of rotatable bonds is 7. The maximum absolute atomic E-state index is 13.4. The molecule has 1 saturated carbocycles. The lowest BCUT2D eigenvalue weighted by Crippen LogP contribution is -2.34. The fourth-order valence-corrected chi connectivity index (χ4v) is 3.84. The second-order valence-electron chi connectivity index (χ2n) is 7.71. The van der Waals surface area contributed by atoms with Gasteiger partial charge in [-0.3, -0.25) is 14.6 Å². The van der Waals surface area contributed by atoms with Crippen LogP contribution in [0.15, 0.2) is 29.2 Å². The van der Waals surface area contributed by atoms with E-state index < -0.39 is 48.3 Å². The van der Waals surface area contributed by atoms with Crippen LogP contribution in [-0.2, 0) is 12.7 Å². The number of alkyl halides is 5. The van der Waals surface area contributed by atoms with Gasteiger partial charge in [0.25, 0.3) is 11.5 Å². The van der Waals surface area contributed by atoms with Gasteiger partial charge in [0.05, 0.1) is 17.8 Å². The Morgan fingerprint density at radius 2 is 1.94 bits per heavy atom. The van der Waals surface area contributed by atoms with E-state index >= 15 is 0 Å². The highest BCUT2D eigenvalue weighted by Crippen LogP contribution is 2.32. The first kappa shape index (κ1) is 23.8. The molecule has 11 heteroatoms. The monoisotopic (exact) mass is 458 g/mol. The van der Waals surface area contributed by atoms with Gasteiger partial charge >= 0.3 is 6.18 Å². The molecule has 0 spiro atoms. The molecule has 2 aromatic heterocycles. The van der Waals surface area contributed by atoms with Crippen molar-refractivity contribution in [3.05, 3.63) is 57.3 Å². The Bertz CT molecular complexity index is 1000. The standard InChI is InChI=1S/C21H23F5N4O2/c22-18(23)8-10-28-19(31)16-11-14(13-5-2-1-3-6-13)20(32)30(29-16)12-17-15(21(24,25)26)7-4-9-27-17/h4,7,9,11,13,18H,1-3,5-6,8,10,12H2,(H,28,31). The Morgan fingerprint density at radius 3 is 2.59 bits per heavy atom. The van der Waals surface area contributed by atoms with Crippen molar-refractivity contribution in [1.29, 1.82) is 0 Å². The molecule has 0 aromatic carbocycles. The summed E-state index contributed by atoms with van der Waals surface area (Å²) in [5.41, 5.74) is -1.90. The van der Waals surface area contributed by atoms with Crippen LogP contribution < -0.4 is 10.9 Å². The summed E-state index contributed by atoms with van der Waals surface area (Å²) in [6, 6.07) is 3.33. The second kappa shape index (κ2) is 10.2. The number of carbonyl (C=O) groups is 1. The van der Waals surface area contributed by atoms with Gasteiger partial charge in [0.2, 0.25) is 6.43 Å². The number of hydrogen-bond acceptors (Lipinski definition) is 4. The molecule has 0 unspecified atom stereocenters. The predicted octanol–water partition coefficient (Wildman–Crippen LogP) is 4.14. The normalized spacial score (nSPS) is 15.2. The Labute approximate surface area is 180 Å². The molecule has 1 N–H and O–H groups in total. The summed E-state index contributed by atoms with van der Waals surface area (Å²) >= 11 is 0. The first-order chi connectivity index (χ1) is 15.2. The molecule has 0 aliphatic heterocycles. The summed E-state index contributed by atoms with van der Waals surface area (Å²) in [6.45, 7) is -0.874. The Kier molecular flexibility index (Phi) is 7.57. The van der Waals surface area contributed by atoms with E-state index in [2.05, 4.69) is 15.4 Å². The van der Waals surface area contributed by atoms with Crippen molar-refractivity contribution in [2.75, 3.05) is 6.54 Å². The third-order valence-electron chi connectivity index (χ3n) is 5.42. The zero-order chi connectivity index (χ0) is 23.3. The molecule has 1 aliphatic rings. The summed E-state index contributed by atoms with van der Waals surface area (Å²) < 4.78 is 65.6. The van der Waals surface area contributed by atoms with Crippen molar-refractivity contribution in [1.82, 2.24) is 20.1 Å². The van der Waals surface area contributed by atoms with Crippen LogP contribution in [-0.4, -0.2) is 33.6 Å². The molecule has 0 bridgehead atoms. The van der Waals surface area contributed by atoms with Gasteiger partial charge in [0.15, 0.2) is 0 Å². The zero-order valence-electron chi connectivity index (χ0n) is 17.2. The van der Waals surface area contributed by atoms with Crippen LogP contribution in [0.5, 0.6) is 0 Å². The van der Waals surface area contributed by atoms with Crippen molar-refractivity contribution < 1.29 is 26.7 Å². The summed E-state index contributed by atoms with van der Waals surface area (Å²) in [5, 5.41) is 6.26. The third kappa shape index (κ3) is 5.89. The van der Waals surface area contributed by atoms with E-state index in [0.717, 1.165) is 36.1 Å². The highest BCUT2D eigenvalue weighted by Gasteiger charge is 2.34. The van der Waals surface area contributed by atoms with Crippen LogP contribution in [0.25, 0.3) is 0 Å². The van der Waals surface area contributed by atoms with Gasteiger partial charge in [-0.2, -0.15) is 18.3 Å². The Morgan fingerprint density at radius 1 is 1.22 bits per heavy atom. The topological polar surface area (TPSA) is 76.9 Å². The van der Waals surface area contributed by atoms with E-state index in [-0.39, 0.29) is 18.2 Å². The Hall–Kier alpha value is -2.85. The summed E-state index contributed by atoms with van der Waals surface area (Å²) in [5.74, 6) is -0.919. The van der Waals surface area contributed by atoms with Crippen molar-refractivity contribution in [3.8, 4) is 0 Å². The molecule has 1 fully saturated rings. The van der Waals surface area contributed by atoms with Crippen LogP contribution in [0.3, 0.4) is 0 Å². The van der Waals surface area contributed by atoms with Gasteiger partial charge in [-0.05, 0) is 37.0 Å². The number of aromatic nitrogens is 3. The molecule has 1 amide bonds. The lowest BCUT2D eigenvalue weighted by molar-refractivity contribution is -0.138. The molecule has 6 nitrogen and oxygen atoms in total. The fourth-order valence-electron chi connectivity index (χ4n) is 3.84. The number of hydrogen-bond donors (Lipinski definition) is 1. The van der Waals surface area contributed by atoms with Crippen LogP contribution in [0.1, 0.15) is 71.8 Å². The number of carbonyl (C=O) groups excluding carboxylic acids is 1. The van der Waals surface area contributed by atoms with E-state index in [4.69, 9.17) is 0 Å². The smallest absolute Gasteiger partial charge is 0.350 e. The first-order valence-electron chi connectivity index (χ1n) is 10.4. The number of nitrogens with zero attached hydrogens (tertiary/aromatic N) is 3. The van der Waals surface area contributed by atoms with E-state index in [1.807, 2.05) is 0 Å². The van der Waals surface area contributed by atoms with Crippen molar-refractivity contribution in [2.24, 2.45) is 0 Å². The minimum Gasteiger partial charge on any atom is -0.350 e. The van der Waals surface area contributed by atoms with Crippen LogP contribution >= 0.6 is 0 Å². The minimum absolute atomic E-state index is 0.149. The first-order valence-corrected chi connectivity index (χ1v) is 10.4. The molecule has 2 aromatic rings. The molecule has 0 atom stereocenters. The van der Waals surface area contributed by atoms with E-state index in [1.165, 1.54) is 12.3 Å². The van der Waals surface area contributed by atoms with Gasteiger partial charge in [0, 0.05) is 24.7 Å². The van der Waals surface area contributed by atoms with Gasteiger partial charge in [0.1, 0.15) is 5.69 Å². The van der Waals surface area contributed by atoms with Gasteiger partial charge in [-0.15, -0.1) is 0 Å². The second-order valence-corrected chi connectivity index (χ2v) is 7.71. The van der Waals surface area contributed by atoms with Gasteiger partial charge in [-0.1, -0.05) is 19.3 Å². The number of pyridine rings is 1. The van der Waals surface area contributed by atoms with E-state index in [9.17, 15) is 31.5 Å². The maximum atomic E-state index is 13.4. The largest absolute Gasteiger partial charge is 0.418 e. The highest BCUT2D eigenvalue weighted by molar-refractivity contribution is 5.92. The molecular weight excluding hydrogens is 435 g/mol. The van der Waals surface area contributed by atoms with Crippen molar-refractivity contribution in [2.45, 2.75) is 63.6 Å². The van der Waals surface area contributed by atoms with E-state index in [1.54, 1.807) is 0 Å². The van der Waals surface area contributed by atoms with Gasteiger partial charge in [-0.25, -0.2) is 13.5 Å².